The Morgan fingerprint density at radius 3 is 2.67 bits per heavy atom. The van der Waals surface area contributed by atoms with Crippen LogP contribution in [0.3, 0.4) is 0 Å². The van der Waals surface area contributed by atoms with Crippen LogP contribution in [0.25, 0.3) is 0 Å². The van der Waals surface area contributed by atoms with Gasteiger partial charge in [0.05, 0.1) is 13.2 Å². The van der Waals surface area contributed by atoms with E-state index >= 15 is 0 Å². The van der Waals surface area contributed by atoms with Crippen LogP contribution in [0.5, 0.6) is 5.75 Å². The highest BCUT2D eigenvalue weighted by Crippen LogP contribution is 2.27. The zero-order chi connectivity index (χ0) is 19.3. The molecule has 1 heterocycles. The van der Waals surface area contributed by atoms with E-state index in [0.717, 1.165) is 63.8 Å². The molecule has 0 aromatic heterocycles. The van der Waals surface area contributed by atoms with Gasteiger partial charge in [-0.2, -0.15) is 0 Å². The summed E-state index contributed by atoms with van der Waals surface area (Å²) in [6.07, 6.45) is 5.94. The van der Waals surface area contributed by atoms with Crippen LogP contribution in [0.15, 0.2) is 29.3 Å². The maximum Gasteiger partial charge on any atom is 0.191 e. The Hall–Kier alpha value is -1.79. The van der Waals surface area contributed by atoms with Crippen molar-refractivity contribution in [1.29, 1.82) is 0 Å². The highest BCUT2D eigenvalue weighted by Gasteiger charge is 2.24. The second kappa shape index (κ2) is 12.6. The maximum absolute atomic E-state index is 5.42. The number of likely N-dealkylation sites (tertiary alicyclic amines) is 1. The number of guanidine groups is 1. The predicted molar refractivity (Wildman–Crippen MR) is 112 cm³/mol. The fraction of sp³-hybridized carbons (Fsp3) is 0.667. The minimum Gasteiger partial charge on any atom is -0.497 e. The lowest BCUT2D eigenvalue weighted by molar-refractivity contribution is 0.192. The number of rotatable bonds is 11. The van der Waals surface area contributed by atoms with Crippen LogP contribution < -0.4 is 15.4 Å². The molecule has 6 heteroatoms. The van der Waals surface area contributed by atoms with E-state index in [1.54, 1.807) is 14.2 Å². The van der Waals surface area contributed by atoms with E-state index in [1.165, 1.54) is 18.4 Å². The molecule has 0 aliphatic carbocycles. The molecule has 1 unspecified atom stereocenters. The predicted octanol–water partition coefficient (Wildman–Crippen LogP) is 2.81. The van der Waals surface area contributed by atoms with Crippen molar-refractivity contribution in [1.82, 2.24) is 15.5 Å². The van der Waals surface area contributed by atoms with E-state index < -0.39 is 0 Å². The Bertz CT molecular complexity index is 559. The molecule has 152 valence electrons. The molecule has 1 aromatic rings. The summed E-state index contributed by atoms with van der Waals surface area (Å²) in [5, 5.41) is 6.94. The first-order chi connectivity index (χ1) is 13.3. The third kappa shape index (κ3) is 7.39. The van der Waals surface area contributed by atoms with Gasteiger partial charge in [-0.3, -0.25) is 9.89 Å². The summed E-state index contributed by atoms with van der Waals surface area (Å²) in [5.41, 5.74) is 1.29. The van der Waals surface area contributed by atoms with Crippen LogP contribution in [0, 0.1) is 0 Å². The monoisotopic (exact) mass is 376 g/mol. The van der Waals surface area contributed by atoms with Crippen LogP contribution in [-0.2, 0) is 4.74 Å². The second-order valence-electron chi connectivity index (χ2n) is 6.97. The van der Waals surface area contributed by atoms with Crippen LogP contribution in [-0.4, -0.2) is 64.9 Å². The number of ether oxygens (including phenoxy) is 2. The number of hydrogen-bond donors (Lipinski definition) is 2. The summed E-state index contributed by atoms with van der Waals surface area (Å²) in [5.74, 6) is 1.78. The SMILES string of the molecule is CN=C(NCCCCCOC)NCC(c1cccc(OC)c1)N1CCCC1. The van der Waals surface area contributed by atoms with Gasteiger partial charge in [-0.05, 0) is 62.9 Å². The lowest BCUT2D eigenvalue weighted by Crippen LogP contribution is -2.43. The minimum absolute atomic E-state index is 0.322. The quantitative estimate of drug-likeness (QED) is 0.353. The summed E-state index contributed by atoms with van der Waals surface area (Å²) in [6, 6.07) is 8.74. The molecule has 2 rings (SSSR count). The molecule has 1 aromatic carbocycles. The standard InChI is InChI=1S/C21H36N4O2/c1-22-21(23-12-5-4-8-15-26-2)24-17-20(25-13-6-7-14-25)18-10-9-11-19(16-18)27-3/h9-11,16,20H,4-8,12-15,17H2,1-3H3,(H2,22,23,24). The zero-order valence-corrected chi connectivity index (χ0v) is 17.2. The van der Waals surface area contributed by atoms with Crippen molar-refractivity contribution in [3.05, 3.63) is 29.8 Å². The minimum atomic E-state index is 0.322. The lowest BCUT2D eigenvalue weighted by atomic mass is 10.1. The summed E-state index contributed by atoms with van der Waals surface area (Å²) >= 11 is 0. The van der Waals surface area contributed by atoms with E-state index in [4.69, 9.17) is 9.47 Å². The van der Waals surface area contributed by atoms with Gasteiger partial charge in [0.15, 0.2) is 5.96 Å². The molecule has 1 saturated heterocycles. The van der Waals surface area contributed by atoms with Gasteiger partial charge in [-0.25, -0.2) is 0 Å². The number of benzene rings is 1. The largest absolute Gasteiger partial charge is 0.497 e. The Labute approximate surface area is 164 Å². The molecular weight excluding hydrogens is 340 g/mol. The normalized spacial score (nSPS) is 16.3. The third-order valence-corrected chi connectivity index (χ3v) is 5.06. The Morgan fingerprint density at radius 1 is 1.15 bits per heavy atom. The molecule has 0 spiro atoms. The van der Waals surface area contributed by atoms with Gasteiger partial charge in [0.1, 0.15) is 5.75 Å². The van der Waals surface area contributed by atoms with Crippen molar-refractivity contribution in [3.8, 4) is 5.75 Å². The molecule has 1 fully saturated rings. The molecule has 1 atom stereocenters. The summed E-state index contributed by atoms with van der Waals surface area (Å²) in [7, 11) is 5.31. The van der Waals surface area contributed by atoms with Crippen molar-refractivity contribution in [2.45, 2.75) is 38.1 Å². The summed E-state index contributed by atoms with van der Waals surface area (Å²) in [4.78, 5) is 6.93. The van der Waals surface area contributed by atoms with Crippen molar-refractivity contribution in [2.75, 3.05) is 54.1 Å². The average molecular weight is 377 g/mol. The van der Waals surface area contributed by atoms with Crippen LogP contribution in [0.4, 0.5) is 0 Å². The number of nitrogens with one attached hydrogen (secondary N) is 2. The van der Waals surface area contributed by atoms with Gasteiger partial charge in [0.2, 0.25) is 0 Å². The van der Waals surface area contributed by atoms with Crippen molar-refractivity contribution in [2.24, 2.45) is 4.99 Å². The second-order valence-corrected chi connectivity index (χ2v) is 6.97. The van der Waals surface area contributed by atoms with Crippen LogP contribution in [0.2, 0.25) is 0 Å². The molecule has 0 radical (unpaired) electrons. The maximum atomic E-state index is 5.42. The molecule has 27 heavy (non-hydrogen) atoms. The van der Waals surface area contributed by atoms with Crippen LogP contribution in [0.1, 0.15) is 43.7 Å². The number of hydrogen-bond acceptors (Lipinski definition) is 4. The van der Waals surface area contributed by atoms with E-state index in [-0.39, 0.29) is 0 Å². The van der Waals surface area contributed by atoms with E-state index in [9.17, 15) is 0 Å². The van der Waals surface area contributed by atoms with Gasteiger partial charge in [0, 0.05) is 33.9 Å². The molecule has 1 aliphatic heterocycles. The smallest absolute Gasteiger partial charge is 0.191 e. The molecule has 0 saturated carbocycles. The van der Waals surface area contributed by atoms with E-state index in [0.29, 0.717) is 6.04 Å². The third-order valence-electron chi connectivity index (χ3n) is 5.06. The van der Waals surface area contributed by atoms with Crippen LogP contribution >= 0.6 is 0 Å². The summed E-state index contributed by atoms with van der Waals surface area (Å²) < 4.78 is 10.5. The van der Waals surface area contributed by atoms with Crippen molar-refractivity contribution in [3.63, 3.8) is 0 Å². The molecule has 2 N–H and O–H groups in total. The van der Waals surface area contributed by atoms with Crippen molar-refractivity contribution < 1.29 is 9.47 Å². The van der Waals surface area contributed by atoms with Gasteiger partial charge in [-0.1, -0.05) is 12.1 Å². The average Bonchev–Trinajstić information content (AvgIpc) is 3.23. The number of aliphatic imine (C=N–C) groups is 1. The topological polar surface area (TPSA) is 58.1 Å². The fourth-order valence-corrected chi connectivity index (χ4v) is 3.53. The first kappa shape index (κ1) is 21.5. The molecular formula is C21H36N4O2. The lowest BCUT2D eigenvalue weighted by Gasteiger charge is -2.29. The Morgan fingerprint density at radius 2 is 1.96 bits per heavy atom. The van der Waals surface area contributed by atoms with Gasteiger partial charge in [-0.15, -0.1) is 0 Å². The summed E-state index contributed by atoms with van der Waals surface area (Å²) in [6.45, 7) is 4.89. The van der Waals surface area contributed by atoms with E-state index in [2.05, 4.69) is 38.7 Å². The number of methoxy groups -OCH3 is 2. The zero-order valence-electron chi connectivity index (χ0n) is 17.2. The van der Waals surface area contributed by atoms with Gasteiger partial charge in [0.25, 0.3) is 0 Å². The Balaban J connectivity index is 1.88. The first-order valence-electron chi connectivity index (χ1n) is 10.1. The number of unbranched alkanes of at least 4 members (excludes halogenated alkanes) is 2. The van der Waals surface area contributed by atoms with E-state index in [1.807, 2.05) is 13.1 Å². The molecule has 1 aliphatic rings. The highest BCUT2D eigenvalue weighted by molar-refractivity contribution is 5.79. The van der Waals surface area contributed by atoms with Crippen molar-refractivity contribution >= 4 is 5.96 Å². The van der Waals surface area contributed by atoms with Gasteiger partial charge >= 0.3 is 0 Å². The molecule has 6 nitrogen and oxygen atoms in total. The van der Waals surface area contributed by atoms with Gasteiger partial charge < -0.3 is 20.1 Å². The molecule has 0 amide bonds. The highest BCUT2D eigenvalue weighted by atomic mass is 16.5. The first-order valence-corrected chi connectivity index (χ1v) is 10.1. The Kier molecular flexibility index (Phi) is 10.0. The number of nitrogens with zero attached hydrogens (tertiary/aromatic N) is 2. The molecule has 0 bridgehead atoms. The fourth-order valence-electron chi connectivity index (χ4n) is 3.53.